The van der Waals surface area contributed by atoms with Gasteiger partial charge in [-0.1, -0.05) is 0 Å². The van der Waals surface area contributed by atoms with E-state index in [0.717, 1.165) is 19.4 Å². The molecule has 8 heteroatoms. The molecule has 1 aromatic carbocycles. The number of likely N-dealkylation sites (N-methyl/N-ethyl adjacent to an activating group) is 1. The zero-order valence-electron chi connectivity index (χ0n) is 11.7. The van der Waals surface area contributed by atoms with Crippen molar-refractivity contribution in [3.63, 3.8) is 0 Å². The van der Waals surface area contributed by atoms with Gasteiger partial charge in [-0.2, -0.15) is 4.31 Å². The van der Waals surface area contributed by atoms with Crippen LogP contribution >= 0.6 is 0 Å². The number of hydrogen-bond donors (Lipinski definition) is 3. The first-order valence-electron chi connectivity index (χ1n) is 6.89. The summed E-state index contributed by atoms with van der Waals surface area (Å²) in [6, 6.07) is 4.58. The minimum atomic E-state index is -3.56. The molecular formula is C13H18N4O3S. The van der Waals surface area contributed by atoms with Gasteiger partial charge >= 0.3 is 5.69 Å². The molecule has 0 aliphatic carbocycles. The van der Waals surface area contributed by atoms with Crippen molar-refractivity contribution in [1.82, 2.24) is 19.6 Å². The zero-order chi connectivity index (χ0) is 15.0. The van der Waals surface area contributed by atoms with Crippen LogP contribution in [-0.4, -0.2) is 48.9 Å². The second-order valence-electron chi connectivity index (χ2n) is 5.31. The van der Waals surface area contributed by atoms with E-state index in [4.69, 9.17) is 0 Å². The second kappa shape index (κ2) is 5.28. The lowest BCUT2D eigenvalue weighted by atomic mass is 10.1. The van der Waals surface area contributed by atoms with Crippen molar-refractivity contribution in [2.24, 2.45) is 0 Å². The number of aromatic amines is 2. The van der Waals surface area contributed by atoms with Gasteiger partial charge in [0.25, 0.3) is 0 Å². The van der Waals surface area contributed by atoms with E-state index in [0.29, 0.717) is 17.6 Å². The minimum Gasteiger partial charge on any atom is -0.315 e. The molecule has 1 unspecified atom stereocenters. The second-order valence-corrected chi connectivity index (χ2v) is 7.31. The number of benzene rings is 1. The highest BCUT2D eigenvalue weighted by molar-refractivity contribution is 7.89. The number of hydrogen-bond acceptors (Lipinski definition) is 4. The van der Waals surface area contributed by atoms with Crippen LogP contribution in [0.4, 0.5) is 0 Å². The van der Waals surface area contributed by atoms with Gasteiger partial charge in [0.2, 0.25) is 10.0 Å². The third-order valence-electron chi connectivity index (χ3n) is 3.95. The molecule has 0 radical (unpaired) electrons. The molecule has 21 heavy (non-hydrogen) atoms. The van der Waals surface area contributed by atoms with Gasteiger partial charge in [-0.05, 0) is 37.6 Å². The molecule has 0 amide bonds. The zero-order valence-corrected chi connectivity index (χ0v) is 12.5. The molecule has 114 valence electrons. The van der Waals surface area contributed by atoms with Gasteiger partial charge in [-0.3, -0.25) is 0 Å². The molecule has 2 heterocycles. The van der Waals surface area contributed by atoms with Crippen molar-refractivity contribution < 1.29 is 8.42 Å². The molecule has 1 saturated heterocycles. The lowest BCUT2D eigenvalue weighted by Crippen LogP contribution is -2.46. The molecule has 0 saturated carbocycles. The third kappa shape index (κ3) is 2.61. The van der Waals surface area contributed by atoms with Gasteiger partial charge in [0, 0.05) is 19.6 Å². The summed E-state index contributed by atoms with van der Waals surface area (Å²) in [4.78, 5) is 16.6. The fourth-order valence-electron chi connectivity index (χ4n) is 2.68. The Kier molecular flexibility index (Phi) is 3.60. The first-order chi connectivity index (χ1) is 9.98. The van der Waals surface area contributed by atoms with Gasteiger partial charge in [-0.15, -0.1) is 0 Å². The molecular weight excluding hydrogens is 292 g/mol. The molecule has 3 N–H and O–H groups in total. The molecule has 1 aromatic heterocycles. The average Bonchev–Trinajstić information content (AvgIpc) is 2.86. The van der Waals surface area contributed by atoms with E-state index in [1.54, 1.807) is 13.1 Å². The number of rotatable bonds is 3. The molecule has 0 spiro atoms. The number of H-pyrrole nitrogens is 2. The molecule has 1 fully saturated rings. The van der Waals surface area contributed by atoms with E-state index in [-0.39, 0.29) is 16.6 Å². The maximum atomic E-state index is 12.7. The normalized spacial score (nSPS) is 20.2. The summed E-state index contributed by atoms with van der Waals surface area (Å²) < 4.78 is 26.8. The third-order valence-corrected chi connectivity index (χ3v) is 5.86. The van der Waals surface area contributed by atoms with Crippen molar-refractivity contribution in [2.45, 2.75) is 23.8 Å². The number of imidazole rings is 1. The summed E-state index contributed by atoms with van der Waals surface area (Å²) >= 11 is 0. The first kappa shape index (κ1) is 14.3. The quantitative estimate of drug-likeness (QED) is 0.756. The van der Waals surface area contributed by atoms with E-state index in [1.165, 1.54) is 16.4 Å². The van der Waals surface area contributed by atoms with Gasteiger partial charge in [0.05, 0.1) is 15.9 Å². The Morgan fingerprint density at radius 1 is 1.24 bits per heavy atom. The topological polar surface area (TPSA) is 98.1 Å². The number of nitrogens with one attached hydrogen (secondary N) is 3. The van der Waals surface area contributed by atoms with Gasteiger partial charge in [-0.25, -0.2) is 13.2 Å². The van der Waals surface area contributed by atoms with Crippen LogP contribution in [-0.2, 0) is 10.0 Å². The Balaban J connectivity index is 1.96. The smallest absolute Gasteiger partial charge is 0.315 e. The Morgan fingerprint density at radius 3 is 2.71 bits per heavy atom. The van der Waals surface area contributed by atoms with Crippen LogP contribution in [0.15, 0.2) is 27.9 Å². The largest absolute Gasteiger partial charge is 0.323 e. The summed E-state index contributed by atoms with van der Waals surface area (Å²) in [5, 5.41) is 3.21. The van der Waals surface area contributed by atoms with Gasteiger partial charge in [0.15, 0.2) is 0 Å². The van der Waals surface area contributed by atoms with Crippen LogP contribution in [0, 0.1) is 0 Å². The summed E-state index contributed by atoms with van der Waals surface area (Å²) in [7, 11) is -1.96. The van der Waals surface area contributed by atoms with Crippen LogP contribution in [0.25, 0.3) is 11.0 Å². The fourth-order valence-corrected chi connectivity index (χ4v) is 4.09. The van der Waals surface area contributed by atoms with Crippen LogP contribution in [0.5, 0.6) is 0 Å². The highest BCUT2D eigenvalue weighted by Crippen LogP contribution is 2.22. The molecule has 3 rings (SSSR count). The van der Waals surface area contributed by atoms with E-state index in [2.05, 4.69) is 15.3 Å². The maximum Gasteiger partial charge on any atom is 0.323 e. The molecule has 7 nitrogen and oxygen atoms in total. The van der Waals surface area contributed by atoms with Crippen LogP contribution in [0.1, 0.15) is 12.8 Å². The van der Waals surface area contributed by atoms with Crippen molar-refractivity contribution in [3.05, 3.63) is 28.7 Å². The van der Waals surface area contributed by atoms with Crippen LogP contribution in [0.3, 0.4) is 0 Å². The van der Waals surface area contributed by atoms with E-state index >= 15 is 0 Å². The summed E-state index contributed by atoms with van der Waals surface area (Å²) in [5.74, 6) is 0. The van der Waals surface area contributed by atoms with Crippen molar-refractivity contribution in [1.29, 1.82) is 0 Å². The van der Waals surface area contributed by atoms with Gasteiger partial charge in [0.1, 0.15) is 0 Å². The minimum absolute atomic E-state index is 0.0373. The molecule has 1 atom stereocenters. The number of aromatic nitrogens is 2. The van der Waals surface area contributed by atoms with Crippen LogP contribution in [0.2, 0.25) is 0 Å². The number of fused-ring (bicyclic) bond motifs is 1. The van der Waals surface area contributed by atoms with Crippen LogP contribution < -0.4 is 11.0 Å². The predicted octanol–water partition coefficient (Wildman–Crippen LogP) is 0.229. The lowest BCUT2D eigenvalue weighted by Gasteiger charge is -2.30. The number of piperidine rings is 1. The highest BCUT2D eigenvalue weighted by atomic mass is 32.2. The van der Waals surface area contributed by atoms with Gasteiger partial charge < -0.3 is 15.3 Å². The standard InChI is InChI=1S/C13H18N4O3S/c1-17(9-3-2-6-14-8-9)21(19,20)10-4-5-11-12(7-10)16-13(18)15-11/h4-5,7,9,14H,2-3,6,8H2,1H3,(H2,15,16,18). The van der Waals surface area contributed by atoms with Crippen molar-refractivity contribution >= 4 is 21.1 Å². The Hall–Kier alpha value is -1.64. The molecule has 2 aromatic rings. The molecule has 1 aliphatic heterocycles. The van der Waals surface area contributed by atoms with E-state index in [9.17, 15) is 13.2 Å². The monoisotopic (exact) mass is 310 g/mol. The van der Waals surface area contributed by atoms with E-state index in [1.807, 2.05) is 0 Å². The number of sulfonamides is 1. The Bertz CT molecular complexity index is 802. The first-order valence-corrected chi connectivity index (χ1v) is 8.33. The lowest BCUT2D eigenvalue weighted by molar-refractivity contribution is 0.300. The highest BCUT2D eigenvalue weighted by Gasteiger charge is 2.29. The fraction of sp³-hybridized carbons (Fsp3) is 0.462. The SMILES string of the molecule is CN(C1CCCNC1)S(=O)(=O)c1ccc2[nH]c(=O)[nH]c2c1. The van der Waals surface area contributed by atoms with Crippen molar-refractivity contribution in [2.75, 3.05) is 20.1 Å². The summed E-state index contributed by atoms with van der Waals surface area (Å²) in [6.07, 6.45) is 1.82. The average molecular weight is 310 g/mol. The Morgan fingerprint density at radius 2 is 2.00 bits per heavy atom. The summed E-state index contributed by atoms with van der Waals surface area (Å²) in [6.45, 7) is 1.60. The van der Waals surface area contributed by atoms with E-state index < -0.39 is 10.0 Å². The Labute approximate surface area is 122 Å². The molecule has 1 aliphatic rings. The molecule has 0 bridgehead atoms. The maximum absolute atomic E-state index is 12.7. The number of nitrogens with zero attached hydrogens (tertiary/aromatic N) is 1. The summed E-state index contributed by atoms with van der Waals surface area (Å²) in [5.41, 5.74) is 0.751. The predicted molar refractivity (Wildman–Crippen MR) is 79.8 cm³/mol. The van der Waals surface area contributed by atoms with Crippen molar-refractivity contribution in [3.8, 4) is 0 Å².